The average molecular weight is 393 g/mol. The van der Waals surface area contributed by atoms with Crippen LogP contribution in [0.1, 0.15) is 18.9 Å². The van der Waals surface area contributed by atoms with Gasteiger partial charge in [-0.05, 0) is 35.7 Å². The third-order valence-corrected chi connectivity index (χ3v) is 5.60. The number of amides is 2. The number of nitrogens with zero attached hydrogens (tertiary/aromatic N) is 2. The van der Waals surface area contributed by atoms with Gasteiger partial charge in [-0.3, -0.25) is 9.59 Å². The fourth-order valence-corrected chi connectivity index (χ4v) is 3.99. The van der Waals surface area contributed by atoms with E-state index in [1.807, 2.05) is 35.2 Å². The number of fused-ring (bicyclic) bond motifs is 1. The van der Waals surface area contributed by atoms with Crippen molar-refractivity contribution in [1.29, 1.82) is 0 Å². The van der Waals surface area contributed by atoms with Crippen LogP contribution in [0.2, 0.25) is 0 Å². The number of H-pyrrole nitrogens is 1. The predicted octanol–water partition coefficient (Wildman–Crippen LogP) is 3.60. The molecule has 1 aromatic heterocycles. The minimum Gasteiger partial charge on any atom is -0.354 e. The largest absolute Gasteiger partial charge is 0.354 e. The number of halogens is 1. The molecule has 6 heteroatoms. The maximum atomic E-state index is 13.9. The van der Waals surface area contributed by atoms with Crippen LogP contribution in [0.15, 0.2) is 48.5 Å². The second-order valence-corrected chi connectivity index (χ2v) is 7.42. The summed E-state index contributed by atoms with van der Waals surface area (Å²) in [6, 6.07) is 14.6. The Morgan fingerprint density at radius 3 is 2.38 bits per heavy atom. The highest BCUT2D eigenvalue weighted by atomic mass is 19.1. The van der Waals surface area contributed by atoms with E-state index < -0.39 is 0 Å². The van der Waals surface area contributed by atoms with E-state index in [1.165, 1.54) is 12.1 Å². The number of benzene rings is 2. The summed E-state index contributed by atoms with van der Waals surface area (Å²) in [6.07, 6.45) is 0.878. The molecule has 29 heavy (non-hydrogen) atoms. The van der Waals surface area contributed by atoms with Crippen LogP contribution in [0.3, 0.4) is 0 Å². The highest BCUT2D eigenvalue weighted by molar-refractivity contribution is 5.91. The first kappa shape index (κ1) is 19.2. The molecule has 0 unspecified atom stereocenters. The van der Waals surface area contributed by atoms with Crippen molar-refractivity contribution in [1.82, 2.24) is 14.8 Å². The molecule has 1 fully saturated rings. The van der Waals surface area contributed by atoms with Gasteiger partial charge in [-0.2, -0.15) is 0 Å². The Bertz CT molecular complexity index is 1040. The van der Waals surface area contributed by atoms with Crippen LogP contribution in [0, 0.1) is 5.82 Å². The highest BCUT2D eigenvalue weighted by Gasteiger charge is 2.23. The second-order valence-electron chi connectivity index (χ2n) is 7.42. The van der Waals surface area contributed by atoms with E-state index in [1.54, 1.807) is 17.9 Å². The maximum absolute atomic E-state index is 13.9. The Hall–Kier alpha value is -3.15. The first-order valence-corrected chi connectivity index (χ1v) is 9.92. The van der Waals surface area contributed by atoms with Gasteiger partial charge in [-0.15, -0.1) is 0 Å². The lowest BCUT2D eigenvalue weighted by Crippen LogP contribution is -2.50. The molecule has 0 atom stereocenters. The average Bonchev–Trinajstić information content (AvgIpc) is 3.10. The van der Waals surface area contributed by atoms with Crippen LogP contribution in [0.5, 0.6) is 0 Å². The number of carbonyl (C=O) groups excluding carboxylic acids is 2. The summed E-state index contributed by atoms with van der Waals surface area (Å²) in [4.78, 5) is 31.2. The summed E-state index contributed by atoms with van der Waals surface area (Å²) in [7, 11) is 0. The molecule has 5 nitrogen and oxygen atoms in total. The Balaban J connectivity index is 1.55. The Morgan fingerprint density at radius 2 is 1.69 bits per heavy atom. The number of piperazine rings is 1. The quantitative estimate of drug-likeness (QED) is 0.736. The van der Waals surface area contributed by atoms with Gasteiger partial charge in [0.15, 0.2) is 0 Å². The molecule has 0 spiro atoms. The molecule has 1 N–H and O–H groups in total. The van der Waals surface area contributed by atoms with E-state index in [4.69, 9.17) is 0 Å². The SMILES string of the molecule is CC(=O)N1CCN(C(=O)CCc2c(-c3ccccc3)[nH]c3ccc(F)cc23)CC1. The van der Waals surface area contributed by atoms with Crippen molar-refractivity contribution in [2.45, 2.75) is 19.8 Å². The Kier molecular flexibility index (Phi) is 5.34. The van der Waals surface area contributed by atoms with E-state index in [9.17, 15) is 14.0 Å². The first-order valence-electron chi connectivity index (χ1n) is 9.92. The number of hydrogen-bond acceptors (Lipinski definition) is 2. The van der Waals surface area contributed by atoms with Gasteiger partial charge in [-0.1, -0.05) is 30.3 Å². The predicted molar refractivity (Wildman–Crippen MR) is 111 cm³/mol. The van der Waals surface area contributed by atoms with E-state index in [2.05, 4.69) is 4.98 Å². The Morgan fingerprint density at radius 1 is 1.00 bits per heavy atom. The highest BCUT2D eigenvalue weighted by Crippen LogP contribution is 2.32. The third-order valence-electron chi connectivity index (χ3n) is 5.60. The van der Waals surface area contributed by atoms with Crippen molar-refractivity contribution in [2.24, 2.45) is 0 Å². The van der Waals surface area contributed by atoms with Gasteiger partial charge in [-0.25, -0.2) is 4.39 Å². The summed E-state index contributed by atoms with van der Waals surface area (Å²) in [6.45, 7) is 3.83. The number of nitrogens with one attached hydrogen (secondary N) is 1. The fraction of sp³-hybridized carbons (Fsp3) is 0.304. The van der Waals surface area contributed by atoms with Gasteiger partial charge in [0.25, 0.3) is 0 Å². The third kappa shape index (κ3) is 4.01. The zero-order valence-electron chi connectivity index (χ0n) is 16.5. The molecule has 2 amide bonds. The van der Waals surface area contributed by atoms with E-state index in [0.717, 1.165) is 27.7 Å². The first-order chi connectivity index (χ1) is 14.0. The lowest BCUT2D eigenvalue weighted by Gasteiger charge is -2.34. The molecule has 2 heterocycles. The lowest BCUT2D eigenvalue weighted by molar-refractivity contribution is -0.138. The summed E-state index contributed by atoms with van der Waals surface area (Å²) in [5.41, 5.74) is 3.77. The van der Waals surface area contributed by atoms with Crippen LogP contribution < -0.4 is 0 Å². The number of aryl methyl sites for hydroxylation is 1. The van der Waals surface area contributed by atoms with Crippen LogP contribution in [-0.2, 0) is 16.0 Å². The molecule has 4 rings (SSSR count). The number of carbonyl (C=O) groups is 2. The zero-order chi connectivity index (χ0) is 20.4. The topological polar surface area (TPSA) is 56.4 Å². The zero-order valence-corrected chi connectivity index (χ0v) is 16.5. The molecule has 1 saturated heterocycles. The maximum Gasteiger partial charge on any atom is 0.223 e. The minimum absolute atomic E-state index is 0.0467. The van der Waals surface area contributed by atoms with Gasteiger partial charge >= 0.3 is 0 Å². The normalized spacial score (nSPS) is 14.4. The van der Waals surface area contributed by atoms with Crippen molar-refractivity contribution in [2.75, 3.05) is 26.2 Å². The smallest absolute Gasteiger partial charge is 0.223 e. The van der Waals surface area contributed by atoms with Gasteiger partial charge in [0.05, 0.1) is 0 Å². The number of aromatic amines is 1. The van der Waals surface area contributed by atoms with E-state index in [-0.39, 0.29) is 17.6 Å². The Labute approximate surface area is 169 Å². The molecule has 0 bridgehead atoms. The molecule has 2 aromatic carbocycles. The van der Waals surface area contributed by atoms with Crippen molar-refractivity contribution < 1.29 is 14.0 Å². The van der Waals surface area contributed by atoms with Gasteiger partial charge in [0.2, 0.25) is 11.8 Å². The molecular weight excluding hydrogens is 369 g/mol. The van der Waals surface area contributed by atoms with Crippen molar-refractivity contribution in [3.8, 4) is 11.3 Å². The van der Waals surface area contributed by atoms with Crippen LogP contribution >= 0.6 is 0 Å². The van der Waals surface area contributed by atoms with Crippen LogP contribution in [0.25, 0.3) is 22.2 Å². The number of aromatic nitrogens is 1. The van der Waals surface area contributed by atoms with E-state index >= 15 is 0 Å². The molecular formula is C23H24FN3O2. The van der Waals surface area contributed by atoms with Crippen molar-refractivity contribution >= 4 is 22.7 Å². The molecule has 0 saturated carbocycles. The lowest BCUT2D eigenvalue weighted by atomic mass is 10.0. The fourth-order valence-electron chi connectivity index (χ4n) is 3.99. The monoisotopic (exact) mass is 393 g/mol. The molecule has 0 aliphatic carbocycles. The summed E-state index contributed by atoms with van der Waals surface area (Å²) >= 11 is 0. The summed E-state index contributed by atoms with van der Waals surface area (Å²) in [5, 5.41) is 0.818. The number of hydrogen-bond donors (Lipinski definition) is 1. The minimum atomic E-state index is -0.288. The number of rotatable bonds is 4. The summed E-state index contributed by atoms with van der Waals surface area (Å²) in [5.74, 6) is -0.174. The summed E-state index contributed by atoms with van der Waals surface area (Å²) < 4.78 is 13.9. The van der Waals surface area contributed by atoms with Gasteiger partial charge in [0.1, 0.15) is 5.82 Å². The van der Waals surface area contributed by atoms with Crippen molar-refractivity contribution in [3.63, 3.8) is 0 Å². The van der Waals surface area contributed by atoms with Gasteiger partial charge in [0, 0.05) is 56.1 Å². The molecule has 1 aliphatic heterocycles. The second kappa shape index (κ2) is 8.07. The van der Waals surface area contributed by atoms with Crippen LogP contribution in [-0.4, -0.2) is 52.8 Å². The van der Waals surface area contributed by atoms with Crippen LogP contribution in [0.4, 0.5) is 4.39 Å². The molecule has 0 radical (unpaired) electrons. The molecule has 150 valence electrons. The standard InChI is InChI=1S/C23H24FN3O2/c1-16(28)26-11-13-27(14-12-26)22(29)10-8-19-20-15-18(24)7-9-21(20)25-23(19)17-5-3-2-4-6-17/h2-7,9,15,25H,8,10-14H2,1H3. The molecule has 3 aromatic rings. The molecule has 1 aliphatic rings. The van der Waals surface area contributed by atoms with Gasteiger partial charge < -0.3 is 14.8 Å². The van der Waals surface area contributed by atoms with E-state index in [0.29, 0.717) is 39.0 Å². The van der Waals surface area contributed by atoms with Crippen molar-refractivity contribution in [3.05, 3.63) is 59.9 Å².